The molecule has 0 saturated carbocycles. The summed E-state index contributed by atoms with van der Waals surface area (Å²) in [5, 5.41) is 5.95. The molecule has 0 fully saturated rings. The monoisotopic (exact) mass is 520 g/mol. The van der Waals surface area contributed by atoms with Gasteiger partial charge in [-0.15, -0.1) is 0 Å². The van der Waals surface area contributed by atoms with Gasteiger partial charge in [0.1, 0.15) is 18.8 Å². The number of nitrogens with one attached hydrogen (secondary N) is 1. The molecule has 0 rings (SSSR count). The zero-order valence-corrected chi connectivity index (χ0v) is 21.3. The normalized spacial score (nSPS) is 13.9. The van der Waals surface area contributed by atoms with E-state index in [0.717, 1.165) is 6.92 Å². The van der Waals surface area contributed by atoms with Crippen LogP contribution in [-0.2, 0) is 52.3 Å². The van der Waals surface area contributed by atoms with Crippen molar-refractivity contribution >= 4 is 23.8 Å². The van der Waals surface area contributed by atoms with Crippen molar-refractivity contribution in [2.45, 2.75) is 59.2 Å². The molecule has 0 spiro atoms. The number of nitrogens with zero attached hydrogens (tertiary/aromatic N) is 3. The minimum Gasteiger partial charge on any atom is -0.463 e. The third-order valence-corrected chi connectivity index (χ3v) is 4.09. The van der Waals surface area contributed by atoms with Crippen LogP contribution in [-0.4, -0.2) is 101 Å². The van der Waals surface area contributed by atoms with E-state index in [9.17, 15) is 19.2 Å². The van der Waals surface area contributed by atoms with Crippen LogP contribution in [0.4, 0.5) is 0 Å². The average Bonchev–Trinajstić information content (AvgIpc) is 2.77. The Kier molecular flexibility index (Phi) is 18.6. The first-order chi connectivity index (χ1) is 17.1. The number of hydrogen-bond acceptors (Lipinski definition) is 12. The Labute approximate surface area is 209 Å². The number of amides is 1. The molecule has 1 amide bonds. The lowest BCUT2D eigenvalue weighted by Gasteiger charge is -2.35. The highest BCUT2D eigenvalue weighted by atomic mass is 16.7. The van der Waals surface area contributed by atoms with Crippen molar-refractivity contribution in [3.05, 3.63) is 10.4 Å². The van der Waals surface area contributed by atoms with Gasteiger partial charge >= 0.3 is 17.9 Å². The van der Waals surface area contributed by atoms with E-state index in [1.807, 2.05) is 0 Å². The number of ether oxygens (including phenoxy) is 7. The average molecular weight is 521 g/mol. The highest BCUT2D eigenvalue weighted by Crippen LogP contribution is 2.17. The van der Waals surface area contributed by atoms with E-state index < -0.39 is 48.4 Å². The molecule has 0 saturated heterocycles. The molecule has 206 valence electrons. The Balaban J connectivity index is 5.28. The van der Waals surface area contributed by atoms with Crippen LogP contribution >= 0.6 is 0 Å². The summed E-state index contributed by atoms with van der Waals surface area (Å²) in [6, 6.07) is -1.10. The number of esters is 3. The molecular formula is C21H36N4O11. The second kappa shape index (κ2) is 20.2. The van der Waals surface area contributed by atoms with Gasteiger partial charge in [-0.25, -0.2) is 0 Å². The number of azide groups is 1. The number of carbonyl (C=O) groups excluding carboxylic acids is 4. The maximum atomic E-state index is 12.0. The Hall–Kier alpha value is -2.97. The first-order valence-corrected chi connectivity index (χ1v) is 11.2. The number of hydrogen-bond donors (Lipinski definition) is 1. The SMILES string of the molecule is CC(=O)NC(C(OCCOCCOCCN=[N+]=[N-])OCCOC(C)=O)C(OC(C)=O)C(C)OC(C)=O. The second-order valence-electron chi connectivity index (χ2n) is 7.24. The minimum atomic E-state index is -1.20. The van der Waals surface area contributed by atoms with Crippen molar-refractivity contribution in [3.8, 4) is 0 Å². The Morgan fingerprint density at radius 1 is 0.806 bits per heavy atom. The number of carbonyl (C=O) groups is 4. The Morgan fingerprint density at radius 2 is 1.36 bits per heavy atom. The van der Waals surface area contributed by atoms with Crippen LogP contribution in [0, 0.1) is 0 Å². The van der Waals surface area contributed by atoms with Crippen molar-refractivity contribution in [2.24, 2.45) is 5.11 Å². The van der Waals surface area contributed by atoms with Crippen molar-refractivity contribution < 1.29 is 52.3 Å². The first kappa shape index (κ1) is 33.0. The highest BCUT2D eigenvalue weighted by molar-refractivity contribution is 5.73. The van der Waals surface area contributed by atoms with E-state index in [-0.39, 0.29) is 52.8 Å². The molecule has 0 radical (unpaired) electrons. The highest BCUT2D eigenvalue weighted by Gasteiger charge is 2.39. The third-order valence-electron chi connectivity index (χ3n) is 4.09. The van der Waals surface area contributed by atoms with Gasteiger partial charge in [0.05, 0.1) is 39.6 Å². The van der Waals surface area contributed by atoms with Crippen molar-refractivity contribution in [1.29, 1.82) is 0 Å². The summed E-state index contributed by atoms with van der Waals surface area (Å²) in [7, 11) is 0. The molecule has 0 aliphatic heterocycles. The van der Waals surface area contributed by atoms with Crippen molar-refractivity contribution in [2.75, 3.05) is 52.8 Å². The van der Waals surface area contributed by atoms with E-state index in [1.165, 1.54) is 27.7 Å². The summed E-state index contributed by atoms with van der Waals surface area (Å²) in [5.41, 5.74) is 8.20. The fraction of sp³-hybridized carbons (Fsp3) is 0.810. The largest absolute Gasteiger partial charge is 0.463 e. The molecule has 4 atom stereocenters. The first-order valence-electron chi connectivity index (χ1n) is 11.2. The Morgan fingerprint density at radius 3 is 1.89 bits per heavy atom. The maximum absolute atomic E-state index is 12.0. The lowest BCUT2D eigenvalue weighted by atomic mass is 10.0. The minimum absolute atomic E-state index is 0.00177. The summed E-state index contributed by atoms with van der Waals surface area (Å²) < 4.78 is 37.5. The molecule has 0 aromatic rings. The standard InChI is InChI=1S/C21H36N4O11/c1-14(35-17(4)28)20(36-18(5)29)19(24-15(2)26)21(34-13-12-32-16(3)27)33-11-10-31-9-8-30-7-6-23-25-22/h14,19-21H,6-13H2,1-5H3,(H,24,26). The van der Waals surface area contributed by atoms with Crippen LogP contribution in [0.1, 0.15) is 34.6 Å². The van der Waals surface area contributed by atoms with Gasteiger partial charge in [0, 0.05) is 39.2 Å². The lowest BCUT2D eigenvalue weighted by molar-refractivity contribution is -0.206. The Bertz CT molecular complexity index is 731. The fourth-order valence-corrected chi connectivity index (χ4v) is 2.82. The molecule has 0 aliphatic rings. The van der Waals surface area contributed by atoms with Gasteiger partial charge in [-0.2, -0.15) is 0 Å². The number of rotatable bonds is 20. The topological polar surface area (TPSA) is 194 Å². The summed E-state index contributed by atoms with van der Waals surface area (Å²) >= 11 is 0. The summed E-state index contributed by atoms with van der Waals surface area (Å²) in [6.07, 6.45) is -3.33. The molecule has 0 bridgehead atoms. The molecule has 15 nitrogen and oxygen atoms in total. The van der Waals surface area contributed by atoms with E-state index in [0.29, 0.717) is 0 Å². The van der Waals surface area contributed by atoms with Crippen LogP contribution in [0.25, 0.3) is 10.4 Å². The van der Waals surface area contributed by atoms with E-state index in [4.69, 9.17) is 38.7 Å². The summed E-state index contributed by atoms with van der Waals surface area (Å²) in [5.74, 6) is -2.30. The van der Waals surface area contributed by atoms with Gasteiger partial charge in [0.15, 0.2) is 12.4 Å². The molecule has 0 aromatic carbocycles. The van der Waals surface area contributed by atoms with Gasteiger partial charge in [-0.05, 0) is 12.5 Å². The van der Waals surface area contributed by atoms with Gasteiger partial charge in [0.25, 0.3) is 0 Å². The smallest absolute Gasteiger partial charge is 0.303 e. The molecule has 1 N–H and O–H groups in total. The van der Waals surface area contributed by atoms with Crippen LogP contribution in [0.3, 0.4) is 0 Å². The molecule has 0 aliphatic carbocycles. The predicted octanol–water partition coefficient (Wildman–Crippen LogP) is 0.640. The molecular weight excluding hydrogens is 484 g/mol. The van der Waals surface area contributed by atoms with Gasteiger partial charge in [0.2, 0.25) is 5.91 Å². The van der Waals surface area contributed by atoms with E-state index >= 15 is 0 Å². The van der Waals surface area contributed by atoms with E-state index in [1.54, 1.807) is 0 Å². The lowest BCUT2D eigenvalue weighted by Crippen LogP contribution is -2.57. The second-order valence-corrected chi connectivity index (χ2v) is 7.24. The zero-order chi connectivity index (χ0) is 27.3. The molecule has 15 heteroatoms. The van der Waals surface area contributed by atoms with Crippen molar-refractivity contribution in [3.63, 3.8) is 0 Å². The van der Waals surface area contributed by atoms with Gasteiger partial charge < -0.3 is 38.5 Å². The van der Waals surface area contributed by atoms with Crippen LogP contribution in [0.5, 0.6) is 0 Å². The predicted molar refractivity (Wildman–Crippen MR) is 122 cm³/mol. The van der Waals surface area contributed by atoms with Gasteiger partial charge in [-0.3, -0.25) is 19.2 Å². The zero-order valence-electron chi connectivity index (χ0n) is 21.3. The van der Waals surface area contributed by atoms with Crippen molar-refractivity contribution in [1.82, 2.24) is 5.32 Å². The van der Waals surface area contributed by atoms with Crippen LogP contribution in [0.15, 0.2) is 5.11 Å². The van der Waals surface area contributed by atoms with Crippen LogP contribution < -0.4 is 5.32 Å². The fourth-order valence-electron chi connectivity index (χ4n) is 2.82. The quantitative estimate of drug-likeness (QED) is 0.0450. The molecule has 0 heterocycles. The maximum Gasteiger partial charge on any atom is 0.303 e. The third kappa shape index (κ3) is 17.5. The van der Waals surface area contributed by atoms with Crippen LogP contribution in [0.2, 0.25) is 0 Å². The molecule has 4 unspecified atom stereocenters. The summed E-state index contributed by atoms with van der Waals surface area (Å²) in [6.45, 7) is 7.24. The van der Waals surface area contributed by atoms with E-state index in [2.05, 4.69) is 15.3 Å². The summed E-state index contributed by atoms with van der Waals surface area (Å²) in [4.78, 5) is 48.9. The van der Waals surface area contributed by atoms with Gasteiger partial charge in [-0.1, -0.05) is 5.11 Å². The molecule has 36 heavy (non-hydrogen) atoms. The molecule has 0 aromatic heterocycles.